The minimum absolute atomic E-state index is 0.219. The van der Waals surface area contributed by atoms with Gasteiger partial charge in [-0.25, -0.2) is 0 Å². The van der Waals surface area contributed by atoms with Crippen molar-refractivity contribution in [2.45, 2.75) is 57.8 Å². The van der Waals surface area contributed by atoms with Gasteiger partial charge in [0, 0.05) is 18.3 Å². The van der Waals surface area contributed by atoms with E-state index in [4.69, 9.17) is 9.16 Å². The Balaban J connectivity index is 2.59. The molecule has 0 heterocycles. The van der Waals surface area contributed by atoms with Crippen LogP contribution in [0.1, 0.15) is 38.2 Å². The summed E-state index contributed by atoms with van der Waals surface area (Å²) in [6, 6.07) is 9.97. The first kappa shape index (κ1) is 18.7. The van der Waals surface area contributed by atoms with E-state index < -0.39 is 19.3 Å². The highest BCUT2D eigenvalue weighted by molar-refractivity contribution is 6.69. The van der Waals surface area contributed by atoms with Crippen LogP contribution >= 0.6 is 0 Å². The van der Waals surface area contributed by atoms with Gasteiger partial charge in [-0.1, -0.05) is 19.1 Å². The van der Waals surface area contributed by atoms with Gasteiger partial charge in [-0.15, -0.1) is 0 Å². The lowest BCUT2D eigenvalue weighted by atomic mass is 9.62. The number of rotatable bonds is 5. The number of hydrogen-bond acceptors (Lipinski definition) is 4. The molecule has 2 atom stereocenters. The fraction of sp³-hybridized carbons (Fsp3) is 0.579. The minimum atomic E-state index is -2.04. The lowest BCUT2D eigenvalue weighted by Gasteiger charge is -2.48. The quantitative estimate of drug-likeness (QED) is 0.741. The molecule has 130 valence electrons. The number of Topliss-reactive ketones (excluding diaryl/α,β-unsaturated/α-hetero) is 1. The molecule has 0 aromatic heterocycles. The van der Waals surface area contributed by atoms with Crippen molar-refractivity contribution in [3.8, 4) is 11.8 Å². The standard InChI is InChI=1S/C19H27NO3Si/c1-18(12-6-7-16(21)13-18)19(14-20,23-24(3,4)5)15-8-10-17(22-2)11-9-15/h8-11H,6-7,12-13H2,1-5H3. The normalized spacial score (nSPS) is 24.1. The molecule has 1 aromatic carbocycles. The van der Waals surface area contributed by atoms with Crippen LogP contribution in [0.2, 0.25) is 19.6 Å². The smallest absolute Gasteiger partial charge is 0.186 e. The van der Waals surface area contributed by atoms with Crippen molar-refractivity contribution >= 4 is 14.1 Å². The predicted octanol–water partition coefficient (Wildman–Crippen LogP) is 4.41. The summed E-state index contributed by atoms with van der Waals surface area (Å²) in [6.45, 7) is 8.27. The summed E-state index contributed by atoms with van der Waals surface area (Å²) >= 11 is 0. The van der Waals surface area contributed by atoms with E-state index in [2.05, 4.69) is 25.7 Å². The molecule has 0 spiro atoms. The van der Waals surface area contributed by atoms with Gasteiger partial charge in [-0.05, 0) is 50.2 Å². The summed E-state index contributed by atoms with van der Waals surface area (Å²) in [7, 11) is -0.419. The van der Waals surface area contributed by atoms with Crippen LogP contribution in [-0.4, -0.2) is 21.2 Å². The van der Waals surface area contributed by atoms with E-state index in [1.54, 1.807) is 7.11 Å². The van der Waals surface area contributed by atoms with E-state index in [1.165, 1.54) is 0 Å². The largest absolute Gasteiger partial charge is 0.497 e. The van der Waals surface area contributed by atoms with E-state index in [0.717, 1.165) is 24.2 Å². The van der Waals surface area contributed by atoms with E-state index in [0.29, 0.717) is 12.8 Å². The average Bonchev–Trinajstić information content (AvgIpc) is 2.51. The summed E-state index contributed by atoms with van der Waals surface area (Å²) in [6.07, 6.45) is 2.61. The van der Waals surface area contributed by atoms with Gasteiger partial charge in [0.05, 0.1) is 7.11 Å². The molecule has 1 aliphatic rings. The predicted molar refractivity (Wildman–Crippen MR) is 96.3 cm³/mol. The van der Waals surface area contributed by atoms with Crippen LogP contribution in [0.15, 0.2) is 24.3 Å². The first-order valence-electron chi connectivity index (χ1n) is 8.43. The Morgan fingerprint density at radius 3 is 2.33 bits per heavy atom. The van der Waals surface area contributed by atoms with Crippen molar-refractivity contribution in [2.75, 3.05) is 7.11 Å². The molecule has 5 heteroatoms. The van der Waals surface area contributed by atoms with Gasteiger partial charge >= 0.3 is 0 Å². The maximum atomic E-state index is 12.2. The Morgan fingerprint density at radius 2 is 1.88 bits per heavy atom. The highest BCUT2D eigenvalue weighted by Crippen LogP contribution is 2.52. The van der Waals surface area contributed by atoms with Crippen LogP contribution in [0.3, 0.4) is 0 Å². The Morgan fingerprint density at radius 1 is 1.25 bits per heavy atom. The van der Waals surface area contributed by atoms with E-state index >= 15 is 0 Å². The lowest BCUT2D eigenvalue weighted by Crippen LogP contribution is -2.52. The molecular weight excluding hydrogens is 318 g/mol. The number of methoxy groups -OCH3 is 1. The zero-order valence-electron chi connectivity index (χ0n) is 15.3. The monoisotopic (exact) mass is 345 g/mol. The van der Waals surface area contributed by atoms with Crippen LogP contribution < -0.4 is 4.74 Å². The Hall–Kier alpha value is -1.64. The number of carbonyl (C=O) groups excluding carboxylic acids is 1. The fourth-order valence-electron chi connectivity index (χ4n) is 3.63. The van der Waals surface area contributed by atoms with Crippen LogP contribution in [0.5, 0.6) is 5.75 Å². The lowest BCUT2D eigenvalue weighted by molar-refractivity contribution is -0.129. The molecule has 1 saturated carbocycles. The third-order valence-corrected chi connectivity index (χ3v) is 5.65. The zero-order valence-corrected chi connectivity index (χ0v) is 16.3. The molecule has 1 aromatic rings. The number of nitriles is 1. The van der Waals surface area contributed by atoms with Gasteiger partial charge in [-0.2, -0.15) is 5.26 Å². The van der Waals surface area contributed by atoms with Crippen LogP contribution in [0.25, 0.3) is 0 Å². The second kappa shape index (κ2) is 6.70. The maximum Gasteiger partial charge on any atom is 0.186 e. The summed E-state index contributed by atoms with van der Waals surface area (Å²) in [5.74, 6) is 0.958. The summed E-state index contributed by atoms with van der Waals surface area (Å²) in [4.78, 5) is 12.2. The Kier molecular flexibility index (Phi) is 5.21. The van der Waals surface area contributed by atoms with Crippen molar-refractivity contribution in [1.29, 1.82) is 5.26 Å². The van der Waals surface area contributed by atoms with E-state index in [1.807, 2.05) is 31.2 Å². The van der Waals surface area contributed by atoms with Crippen molar-refractivity contribution in [3.63, 3.8) is 0 Å². The zero-order chi connectivity index (χ0) is 18.0. The molecule has 2 rings (SSSR count). The minimum Gasteiger partial charge on any atom is -0.497 e. The van der Waals surface area contributed by atoms with E-state index in [-0.39, 0.29) is 5.78 Å². The molecule has 0 bridgehead atoms. The molecule has 24 heavy (non-hydrogen) atoms. The third-order valence-electron chi connectivity index (χ3n) is 4.73. The molecule has 0 N–H and O–H groups in total. The summed E-state index contributed by atoms with van der Waals surface area (Å²) in [5, 5.41) is 10.2. The van der Waals surface area contributed by atoms with Gasteiger partial charge in [0.15, 0.2) is 13.9 Å². The van der Waals surface area contributed by atoms with Crippen LogP contribution in [0, 0.1) is 16.7 Å². The first-order chi connectivity index (χ1) is 11.2. The number of benzene rings is 1. The van der Waals surface area contributed by atoms with Crippen LogP contribution in [-0.2, 0) is 14.8 Å². The first-order valence-corrected chi connectivity index (χ1v) is 11.8. The average molecular weight is 346 g/mol. The number of nitrogens with zero attached hydrogens (tertiary/aromatic N) is 1. The van der Waals surface area contributed by atoms with Crippen molar-refractivity contribution in [1.82, 2.24) is 0 Å². The fourth-order valence-corrected chi connectivity index (χ4v) is 4.95. The molecule has 0 amide bonds. The molecule has 2 unspecified atom stereocenters. The molecule has 1 fully saturated rings. The number of ketones is 1. The van der Waals surface area contributed by atoms with Gasteiger partial charge in [0.25, 0.3) is 0 Å². The van der Waals surface area contributed by atoms with Crippen LogP contribution in [0.4, 0.5) is 0 Å². The van der Waals surface area contributed by atoms with Gasteiger partial charge in [0.2, 0.25) is 0 Å². The highest BCUT2D eigenvalue weighted by atomic mass is 28.4. The Labute approximate surface area is 145 Å². The van der Waals surface area contributed by atoms with Gasteiger partial charge < -0.3 is 9.16 Å². The molecule has 4 nitrogen and oxygen atoms in total. The second-order valence-corrected chi connectivity index (χ2v) is 12.3. The number of ether oxygens (including phenoxy) is 1. The number of carbonyl (C=O) groups is 1. The number of hydrogen-bond donors (Lipinski definition) is 0. The second-order valence-electron chi connectivity index (χ2n) is 7.87. The molecule has 1 aliphatic carbocycles. The molecule has 0 aliphatic heterocycles. The van der Waals surface area contributed by atoms with Crippen molar-refractivity contribution in [2.24, 2.45) is 5.41 Å². The van der Waals surface area contributed by atoms with E-state index in [9.17, 15) is 10.1 Å². The highest BCUT2D eigenvalue weighted by Gasteiger charge is 2.54. The third kappa shape index (κ3) is 3.55. The molecule has 0 saturated heterocycles. The SMILES string of the molecule is COc1ccc(C(C#N)(O[Si](C)(C)C)C2(C)CCCC(=O)C2)cc1. The topological polar surface area (TPSA) is 59.3 Å². The van der Waals surface area contributed by atoms with Crippen molar-refractivity contribution < 1.29 is 14.0 Å². The van der Waals surface area contributed by atoms with Gasteiger partial charge in [0.1, 0.15) is 17.6 Å². The summed E-state index contributed by atoms with van der Waals surface area (Å²) < 4.78 is 11.7. The summed E-state index contributed by atoms with van der Waals surface area (Å²) in [5.41, 5.74) is -0.823. The maximum absolute atomic E-state index is 12.2. The molecule has 0 radical (unpaired) electrons. The molecular formula is C19H27NO3Si. The Bertz CT molecular complexity index is 644. The van der Waals surface area contributed by atoms with Crippen molar-refractivity contribution in [3.05, 3.63) is 29.8 Å². The van der Waals surface area contributed by atoms with Gasteiger partial charge in [-0.3, -0.25) is 4.79 Å².